The SMILES string of the molecule is COc1ccc2c(c1)[C@@H]1CCCN[C@@H]1CC2. The number of nitrogens with one attached hydrogen (secondary N) is 1. The maximum absolute atomic E-state index is 5.34. The molecule has 1 aromatic rings. The third-order valence-corrected chi connectivity index (χ3v) is 4.06. The number of hydrogen-bond donors (Lipinski definition) is 1. The van der Waals surface area contributed by atoms with E-state index in [1.807, 2.05) is 0 Å². The van der Waals surface area contributed by atoms with Gasteiger partial charge in [0, 0.05) is 6.04 Å². The Kier molecular flexibility index (Phi) is 2.60. The van der Waals surface area contributed by atoms with Crippen LogP contribution < -0.4 is 10.1 Å². The van der Waals surface area contributed by atoms with E-state index < -0.39 is 0 Å². The summed E-state index contributed by atoms with van der Waals surface area (Å²) in [7, 11) is 1.75. The van der Waals surface area contributed by atoms with Crippen LogP contribution in [0.25, 0.3) is 0 Å². The highest BCUT2D eigenvalue weighted by molar-refractivity contribution is 5.41. The first-order chi connectivity index (χ1) is 7.88. The first-order valence-electron chi connectivity index (χ1n) is 6.28. The van der Waals surface area contributed by atoms with Crippen LogP contribution in [-0.4, -0.2) is 19.7 Å². The topological polar surface area (TPSA) is 21.3 Å². The number of aryl methyl sites for hydroxylation is 1. The summed E-state index contributed by atoms with van der Waals surface area (Å²) in [6.45, 7) is 1.19. The van der Waals surface area contributed by atoms with Crippen molar-refractivity contribution < 1.29 is 4.74 Å². The minimum Gasteiger partial charge on any atom is -0.497 e. The molecular formula is C14H19NO. The van der Waals surface area contributed by atoms with Gasteiger partial charge in [0.1, 0.15) is 5.75 Å². The van der Waals surface area contributed by atoms with Gasteiger partial charge < -0.3 is 10.1 Å². The van der Waals surface area contributed by atoms with Gasteiger partial charge in [-0.15, -0.1) is 0 Å². The van der Waals surface area contributed by atoms with E-state index in [1.54, 1.807) is 7.11 Å². The van der Waals surface area contributed by atoms with Crippen LogP contribution in [0.5, 0.6) is 5.75 Å². The summed E-state index contributed by atoms with van der Waals surface area (Å²) in [6.07, 6.45) is 5.15. The number of benzene rings is 1. The third kappa shape index (κ3) is 1.61. The molecule has 0 spiro atoms. The van der Waals surface area contributed by atoms with Crippen molar-refractivity contribution in [3.63, 3.8) is 0 Å². The van der Waals surface area contributed by atoms with Gasteiger partial charge in [-0.05, 0) is 61.4 Å². The summed E-state index contributed by atoms with van der Waals surface area (Å²) in [4.78, 5) is 0. The van der Waals surface area contributed by atoms with Gasteiger partial charge in [-0.3, -0.25) is 0 Å². The fourth-order valence-electron chi connectivity index (χ4n) is 3.21. The highest BCUT2D eigenvalue weighted by Crippen LogP contribution is 2.38. The van der Waals surface area contributed by atoms with Crippen LogP contribution >= 0.6 is 0 Å². The molecule has 1 saturated heterocycles. The lowest BCUT2D eigenvalue weighted by molar-refractivity contribution is 0.318. The molecule has 86 valence electrons. The summed E-state index contributed by atoms with van der Waals surface area (Å²) in [5.74, 6) is 1.72. The lowest BCUT2D eigenvalue weighted by Crippen LogP contribution is -2.42. The molecule has 1 heterocycles. The molecule has 0 unspecified atom stereocenters. The van der Waals surface area contributed by atoms with E-state index >= 15 is 0 Å². The third-order valence-electron chi connectivity index (χ3n) is 4.06. The largest absolute Gasteiger partial charge is 0.497 e. The number of fused-ring (bicyclic) bond motifs is 3. The molecule has 2 nitrogen and oxygen atoms in total. The maximum atomic E-state index is 5.34. The highest BCUT2D eigenvalue weighted by Gasteiger charge is 2.31. The Morgan fingerprint density at radius 3 is 3.12 bits per heavy atom. The Morgan fingerprint density at radius 1 is 1.31 bits per heavy atom. The van der Waals surface area contributed by atoms with Gasteiger partial charge in [0.2, 0.25) is 0 Å². The van der Waals surface area contributed by atoms with E-state index in [0.29, 0.717) is 12.0 Å². The van der Waals surface area contributed by atoms with Crippen LogP contribution in [0, 0.1) is 0 Å². The second-order valence-corrected chi connectivity index (χ2v) is 4.91. The van der Waals surface area contributed by atoms with E-state index in [0.717, 1.165) is 5.75 Å². The minimum absolute atomic E-state index is 0.702. The van der Waals surface area contributed by atoms with Crippen molar-refractivity contribution >= 4 is 0 Å². The predicted octanol–water partition coefficient (Wildman–Crippen LogP) is 2.48. The van der Waals surface area contributed by atoms with E-state index in [4.69, 9.17) is 4.74 Å². The van der Waals surface area contributed by atoms with Crippen molar-refractivity contribution in [1.82, 2.24) is 5.32 Å². The Morgan fingerprint density at radius 2 is 2.25 bits per heavy atom. The van der Waals surface area contributed by atoms with Gasteiger partial charge in [-0.25, -0.2) is 0 Å². The monoisotopic (exact) mass is 217 g/mol. The zero-order valence-electron chi connectivity index (χ0n) is 9.83. The molecule has 0 aromatic heterocycles. The molecule has 3 rings (SSSR count). The summed E-state index contributed by atoms with van der Waals surface area (Å²) < 4.78 is 5.34. The number of ether oxygens (including phenoxy) is 1. The number of methoxy groups -OCH3 is 1. The van der Waals surface area contributed by atoms with E-state index in [2.05, 4.69) is 23.5 Å². The predicted molar refractivity (Wildman–Crippen MR) is 65.1 cm³/mol. The van der Waals surface area contributed by atoms with Crippen molar-refractivity contribution in [3.8, 4) is 5.75 Å². The van der Waals surface area contributed by atoms with Crippen molar-refractivity contribution in [2.24, 2.45) is 0 Å². The normalized spacial score (nSPS) is 28.1. The molecule has 0 radical (unpaired) electrons. The summed E-state index contributed by atoms with van der Waals surface area (Å²) in [6, 6.07) is 7.29. The lowest BCUT2D eigenvalue weighted by atomic mass is 9.75. The van der Waals surface area contributed by atoms with Crippen LogP contribution in [0.3, 0.4) is 0 Å². The number of piperidine rings is 1. The van der Waals surface area contributed by atoms with E-state index in [9.17, 15) is 0 Å². The molecule has 1 fully saturated rings. The van der Waals surface area contributed by atoms with E-state index in [-0.39, 0.29) is 0 Å². The number of hydrogen-bond acceptors (Lipinski definition) is 2. The van der Waals surface area contributed by atoms with E-state index in [1.165, 1.54) is 43.4 Å². The van der Waals surface area contributed by atoms with Crippen LogP contribution in [0.1, 0.15) is 36.3 Å². The molecule has 1 N–H and O–H groups in total. The molecule has 0 bridgehead atoms. The second kappa shape index (κ2) is 4.10. The van der Waals surface area contributed by atoms with Gasteiger partial charge in [-0.2, -0.15) is 0 Å². The fourth-order valence-corrected chi connectivity index (χ4v) is 3.21. The van der Waals surface area contributed by atoms with Crippen LogP contribution in [0.2, 0.25) is 0 Å². The molecule has 0 saturated carbocycles. The smallest absolute Gasteiger partial charge is 0.119 e. The number of rotatable bonds is 1. The summed E-state index contributed by atoms with van der Waals surface area (Å²) >= 11 is 0. The van der Waals surface area contributed by atoms with Crippen LogP contribution in [-0.2, 0) is 6.42 Å². The average Bonchev–Trinajstić information content (AvgIpc) is 2.38. The molecule has 0 amide bonds. The second-order valence-electron chi connectivity index (χ2n) is 4.91. The zero-order valence-corrected chi connectivity index (χ0v) is 9.83. The van der Waals surface area contributed by atoms with Crippen molar-refractivity contribution in [1.29, 1.82) is 0 Å². The molecular weight excluding hydrogens is 198 g/mol. The van der Waals surface area contributed by atoms with Crippen molar-refractivity contribution in [2.75, 3.05) is 13.7 Å². The molecule has 2 aliphatic rings. The first-order valence-corrected chi connectivity index (χ1v) is 6.28. The minimum atomic E-state index is 0.702. The van der Waals surface area contributed by atoms with Gasteiger partial charge in [0.15, 0.2) is 0 Å². The Labute approximate surface area is 97.0 Å². The Balaban J connectivity index is 1.98. The van der Waals surface area contributed by atoms with Gasteiger partial charge >= 0.3 is 0 Å². The van der Waals surface area contributed by atoms with Crippen LogP contribution in [0.15, 0.2) is 18.2 Å². The Hall–Kier alpha value is -1.02. The molecule has 1 aromatic carbocycles. The van der Waals surface area contributed by atoms with Crippen molar-refractivity contribution in [2.45, 2.75) is 37.6 Å². The maximum Gasteiger partial charge on any atom is 0.119 e. The summed E-state index contributed by atoms with van der Waals surface area (Å²) in [5.41, 5.74) is 3.06. The Bertz CT molecular complexity index is 388. The molecule has 16 heavy (non-hydrogen) atoms. The molecule has 1 aliphatic carbocycles. The fraction of sp³-hybridized carbons (Fsp3) is 0.571. The zero-order chi connectivity index (χ0) is 11.0. The molecule has 2 heteroatoms. The van der Waals surface area contributed by atoms with Gasteiger partial charge in [0.25, 0.3) is 0 Å². The quantitative estimate of drug-likeness (QED) is 0.780. The lowest BCUT2D eigenvalue weighted by Gasteiger charge is -2.38. The van der Waals surface area contributed by atoms with Crippen molar-refractivity contribution in [3.05, 3.63) is 29.3 Å². The summed E-state index contributed by atoms with van der Waals surface area (Å²) in [5, 5.41) is 3.66. The standard InChI is InChI=1S/C14H19NO/c1-16-11-6-4-10-5-7-14-12(13(10)9-11)3-2-8-15-14/h4,6,9,12,14-15H,2-3,5,7-8H2,1H3/t12-,14+/m0/s1. The van der Waals surface area contributed by atoms with Crippen LogP contribution in [0.4, 0.5) is 0 Å². The van der Waals surface area contributed by atoms with Gasteiger partial charge in [0.05, 0.1) is 7.11 Å². The average molecular weight is 217 g/mol. The van der Waals surface area contributed by atoms with Gasteiger partial charge in [-0.1, -0.05) is 6.07 Å². The molecule has 1 aliphatic heterocycles. The first kappa shape index (κ1) is 10.2. The highest BCUT2D eigenvalue weighted by atomic mass is 16.5. The molecule has 2 atom stereocenters.